The number of rotatable bonds is 4. The van der Waals surface area contributed by atoms with Gasteiger partial charge < -0.3 is 20.4 Å². The Morgan fingerprint density at radius 1 is 1.64 bits per heavy atom. The highest BCUT2D eigenvalue weighted by atomic mass is 16.5. The molecule has 14 heavy (non-hydrogen) atoms. The summed E-state index contributed by atoms with van der Waals surface area (Å²) in [5.41, 5.74) is 5.92. The topological polar surface area (TPSA) is 54.3 Å². The summed E-state index contributed by atoms with van der Waals surface area (Å²) in [5, 5.41) is 0. The molecule has 4 heteroatoms. The summed E-state index contributed by atoms with van der Waals surface area (Å²) >= 11 is 0. The fraction of sp³-hybridized carbons (Fsp3) is 0.600. The summed E-state index contributed by atoms with van der Waals surface area (Å²) < 4.78 is 5.23. The third-order valence-electron chi connectivity index (χ3n) is 2.81. The molecule has 0 spiro atoms. The van der Waals surface area contributed by atoms with Gasteiger partial charge in [0.15, 0.2) is 0 Å². The van der Waals surface area contributed by atoms with E-state index in [0.717, 1.165) is 25.6 Å². The van der Waals surface area contributed by atoms with Crippen LogP contribution in [-0.2, 0) is 4.74 Å². The second-order valence-corrected chi connectivity index (χ2v) is 4.11. The van der Waals surface area contributed by atoms with Gasteiger partial charge in [-0.1, -0.05) is 0 Å². The van der Waals surface area contributed by atoms with Crippen LogP contribution in [0.1, 0.15) is 0 Å². The second-order valence-electron chi connectivity index (χ2n) is 4.11. The number of hydrogen-bond acceptors (Lipinski definition) is 3. The molecule has 78 valence electrons. The maximum atomic E-state index is 5.75. The maximum absolute atomic E-state index is 5.75. The van der Waals surface area contributed by atoms with E-state index in [0.29, 0.717) is 6.54 Å². The number of aromatic amines is 1. The van der Waals surface area contributed by atoms with Crippen LogP contribution in [0.3, 0.4) is 0 Å². The first-order valence-electron chi connectivity index (χ1n) is 4.88. The molecule has 1 aromatic heterocycles. The molecule has 1 aromatic rings. The Labute approximate surface area is 84.0 Å². The van der Waals surface area contributed by atoms with Gasteiger partial charge in [-0.3, -0.25) is 0 Å². The number of H-pyrrole nitrogens is 1. The molecule has 1 saturated heterocycles. The quantitative estimate of drug-likeness (QED) is 0.732. The van der Waals surface area contributed by atoms with Crippen LogP contribution in [-0.4, -0.2) is 38.3 Å². The summed E-state index contributed by atoms with van der Waals surface area (Å²) in [7, 11) is 2.07. The number of ether oxygens (including phenoxy) is 1. The van der Waals surface area contributed by atoms with Gasteiger partial charge >= 0.3 is 0 Å². The molecular weight excluding hydrogens is 178 g/mol. The SMILES string of the molecule is CN(CC1(CN)COC1)c1ccc[nH]1. The lowest BCUT2D eigenvalue weighted by molar-refractivity contribution is -0.101. The molecule has 1 fully saturated rings. The van der Waals surface area contributed by atoms with Crippen LogP contribution in [0.15, 0.2) is 18.3 Å². The van der Waals surface area contributed by atoms with Gasteiger partial charge in [0.05, 0.1) is 13.2 Å². The average Bonchev–Trinajstić information content (AvgIpc) is 2.63. The third-order valence-corrected chi connectivity index (χ3v) is 2.81. The summed E-state index contributed by atoms with van der Waals surface area (Å²) in [5.74, 6) is 1.13. The molecule has 0 aliphatic carbocycles. The summed E-state index contributed by atoms with van der Waals surface area (Å²) in [6, 6.07) is 4.06. The molecular formula is C10H17N3O. The minimum atomic E-state index is 0.167. The molecule has 2 rings (SSSR count). The van der Waals surface area contributed by atoms with Gasteiger partial charge in [0.25, 0.3) is 0 Å². The smallest absolute Gasteiger partial charge is 0.105 e. The third kappa shape index (κ3) is 1.63. The number of anilines is 1. The first-order chi connectivity index (χ1) is 6.76. The molecule has 3 N–H and O–H groups in total. The number of nitrogens with zero attached hydrogens (tertiary/aromatic N) is 1. The van der Waals surface area contributed by atoms with Crippen molar-refractivity contribution in [2.24, 2.45) is 11.1 Å². The maximum Gasteiger partial charge on any atom is 0.105 e. The van der Waals surface area contributed by atoms with Crippen LogP contribution in [0.2, 0.25) is 0 Å². The monoisotopic (exact) mass is 195 g/mol. The van der Waals surface area contributed by atoms with E-state index in [1.165, 1.54) is 0 Å². The molecule has 0 amide bonds. The van der Waals surface area contributed by atoms with Gasteiger partial charge in [-0.15, -0.1) is 0 Å². The van der Waals surface area contributed by atoms with E-state index in [-0.39, 0.29) is 5.41 Å². The van der Waals surface area contributed by atoms with E-state index in [9.17, 15) is 0 Å². The van der Waals surface area contributed by atoms with Crippen LogP contribution >= 0.6 is 0 Å². The molecule has 4 nitrogen and oxygen atoms in total. The molecule has 0 atom stereocenters. The normalized spacial score (nSPS) is 19.0. The summed E-state index contributed by atoms with van der Waals surface area (Å²) in [6.07, 6.45) is 1.93. The largest absolute Gasteiger partial charge is 0.380 e. The Kier molecular flexibility index (Phi) is 2.48. The first-order valence-corrected chi connectivity index (χ1v) is 4.88. The van der Waals surface area contributed by atoms with Crippen LogP contribution in [0.5, 0.6) is 0 Å². The summed E-state index contributed by atoms with van der Waals surface area (Å²) in [4.78, 5) is 5.37. The molecule has 1 aliphatic rings. The molecule has 0 radical (unpaired) electrons. The second kappa shape index (κ2) is 3.63. The minimum Gasteiger partial charge on any atom is -0.380 e. The van der Waals surface area contributed by atoms with E-state index >= 15 is 0 Å². The highest BCUT2D eigenvalue weighted by Gasteiger charge is 2.38. The zero-order valence-corrected chi connectivity index (χ0v) is 8.49. The van der Waals surface area contributed by atoms with Crippen LogP contribution in [0.25, 0.3) is 0 Å². The van der Waals surface area contributed by atoms with E-state index in [1.54, 1.807) is 0 Å². The van der Waals surface area contributed by atoms with Crippen LogP contribution in [0.4, 0.5) is 5.82 Å². The molecule has 2 heterocycles. The highest BCUT2D eigenvalue weighted by Crippen LogP contribution is 2.28. The predicted molar refractivity (Wildman–Crippen MR) is 56.4 cm³/mol. The molecule has 1 aliphatic heterocycles. The number of aromatic nitrogens is 1. The van der Waals surface area contributed by atoms with Crippen molar-refractivity contribution in [2.45, 2.75) is 0 Å². The van der Waals surface area contributed by atoms with Crippen molar-refractivity contribution < 1.29 is 4.74 Å². The van der Waals surface area contributed by atoms with E-state index in [2.05, 4.69) is 23.0 Å². The number of nitrogens with two attached hydrogens (primary N) is 1. The van der Waals surface area contributed by atoms with E-state index in [1.807, 2.05) is 12.3 Å². The predicted octanol–water partition coefficient (Wildman–Crippen LogP) is 0.426. The Morgan fingerprint density at radius 2 is 2.43 bits per heavy atom. The Balaban J connectivity index is 1.97. The molecule has 0 saturated carbocycles. The van der Waals surface area contributed by atoms with Crippen LogP contribution < -0.4 is 10.6 Å². The van der Waals surface area contributed by atoms with E-state index in [4.69, 9.17) is 10.5 Å². The lowest BCUT2D eigenvalue weighted by atomic mass is 9.85. The summed E-state index contributed by atoms with van der Waals surface area (Å²) in [6.45, 7) is 3.21. The van der Waals surface area contributed by atoms with Gasteiger partial charge in [0.1, 0.15) is 5.82 Å². The Morgan fingerprint density at radius 3 is 2.86 bits per heavy atom. The lowest BCUT2D eigenvalue weighted by Gasteiger charge is -2.43. The van der Waals surface area contributed by atoms with Crippen molar-refractivity contribution in [1.82, 2.24) is 4.98 Å². The van der Waals surface area contributed by atoms with Gasteiger partial charge in [0, 0.05) is 31.7 Å². The zero-order chi connectivity index (χ0) is 10.0. The lowest BCUT2D eigenvalue weighted by Crippen LogP contribution is -2.54. The minimum absolute atomic E-state index is 0.167. The number of hydrogen-bond donors (Lipinski definition) is 2. The van der Waals surface area contributed by atoms with Gasteiger partial charge in [-0.25, -0.2) is 0 Å². The Bertz CT molecular complexity index is 274. The van der Waals surface area contributed by atoms with Crippen molar-refractivity contribution in [3.05, 3.63) is 18.3 Å². The van der Waals surface area contributed by atoms with Crippen molar-refractivity contribution in [2.75, 3.05) is 38.3 Å². The fourth-order valence-corrected chi connectivity index (χ4v) is 1.81. The van der Waals surface area contributed by atoms with Gasteiger partial charge in [0.2, 0.25) is 0 Å². The standard InChI is InChI=1S/C10H17N3O/c1-13(9-3-2-4-12-9)6-10(5-11)7-14-8-10/h2-4,12H,5-8,11H2,1H3. The van der Waals surface area contributed by atoms with Crippen molar-refractivity contribution in [3.8, 4) is 0 Å². The highest BCUT2D eigenvalue weighted by molar-refractivity contribution is 5.37. The average molecular weight is 195 g/mol. The molecule has 0 bridgehead atoms. The molecule has 0 aromatic carbocycles. The fourth-order valence-electron chi connectivity index (χ4n) is 1.81. The van der Waals surface area contributed by atoms with Gasteiger partial charge in [-0.2, -0.15) is 0 Å². The van der Waals surface area contributed by atoms with E-state index < -0.39 is 0 Å². The van der Waals surface area contributed by atoms with Crippen molar-refractivity contribution in [3.63, 3.8) is 0 Å². The first kappa shape index (κ1) is 9.55. The van der Waals surface area contributed by atoms with Crippen molar-refractivity contribution >= 4 is 5.82 Å². The zero-order valence-electron chi connectivity index (χ0n) is 8.49. The number of nitrogens with one attached hydrogen (secondary N) is 1. The Hall–Kier alpha value is -1.00. The van der Waals surface area contributed by atoms with Crippen molar-refractivity contribution in [1.29, 1.82) is 0 Å². The van der Waals surface area contributed by atoms with Crippen LogP contribution in [0, 0.1) is 5.41 Å². The molecule has 0 unspecified atom stereocenters. The van der Waals surface area contributed by atoms with Gasteiger partial charge in [-0.05, 0) is 12.1 Å².